The second-order valence-corrected chi connectivity index (χ2v) is 8.41. The highest BCUT2D eigenvalue weighted by atomic mass is 35.5. The molecule has 0 amide bonds. The number of hydrogen-bond donors (Lipinski definition) is 0. The lowest BCUT2D eigenvalue weighted by Gasteiger charge is -2.15. The largest absolute Gasteiger partial charge is 0.476 e. The van der Waals surface area contributed by atoms with Gasteiger partial charge in [-0.15, -0.1) is 0 Å². The zero-order valence-corrected chi connectivity index (χ0v) is 19.3. The van der Waals surface area contributed by atoms with Gasteiger partial charge in [-0.3, -0.25) is 0 Å². The van der Waals surface area contributed by atoms with Crippen LogP contribution in [0.3, 0.4) is 0 Å². The minimum absolute atomic E-state index is 0.219. The molecule has 0 aliphatic heterocycles. The first kappa shape index (κ1) is 22.8. The molecule has 3 aromatic carbocycles. The highest BCUT2D eigenvalue weighted by Gasteiger charge is 2.18. The van der Waals surface area contributed by atoms with E-state index >= 15 is 0 Å². The lowest BCUT2D eigenvalue weighted by atomic mass is 9.97. The van der Waals surface area contributed by atoms with Crippen LogP contribution in [-0.2, 0) is 6.42 Å². The zero-order valence-electron chi connectivity index (χ0n) is 17.8. The van der Waals surface area contributed by atoms with Gasteiger partial charge in [0.25, 0.3) is 0 Å². The SMILES string of the molecule is Cc1ccc(-c2cc(C#N)c(OCCc3ccc(F)cc3)nc2-c2ccc(Cl)cc2Cl)cc1. The van der Waals surface area contributed by atoms with Gasteiger partial charge < -0.3 is 4.74 Å². The Labute approximate surface area is 202 Å². The first-order valence-electron chi connectivity index (χ1n) is 10.3. The molecule has 0 unspecified atom stereocenters. The van der Waals surface area contributed by atoms with Gasteiger partial charge >= 0.3 is 0 Å². The van der Waals surface area contributed by atoms with Crippen LogP contribution in [0.2, 0.25) is 10.0 Å². The molecule has 164 valence electrons. The fourth-order valence-corrected chi connectivity index (χ4v) is 3.94. The molecule has 0 fully saturated rings. The van der Waals surface area contributed by atoms with Crippen LogP contribution >= 0.6 is 23.2 Å². The summed E-state index contributed by atoms with van der Waals surface area (Å²) in [7, 11) is 0. The molecule has 0 spiro atoms. The van der Waals surface area contributed by atoms with Gasteiger partial charge in [-0.2, -0.15) is 5.26 Å². The first-order chi connectivity index (χ1) is 15.9. The Kier molecular flexibility index (Phi) is 6.93. The van der Waals surface area contributed by atoms with Gasteiger partial charge in [0.05, 0.1) is 17.3 Å². The van der Waals surface area contributed by atoms with Crippen molar-refractivity contribution in [1.82, 2.24) is 4.98 Å². The molecule has 3 nitrogen and oxygen atoms in total. The van der Waals surface area contributed by atoms with Gasteiger partial charge in [0.1, 0.15) is 17.4 Å². The quantitative estimate of drug-likeness (QED) is 0.286. The third-order valence-corrected chi connectivity index (χ3v) is 5.75. The molecule has 4 aromatic rings. The van der Waals surface area contributed by atoms with Crippen molar-refractivity contribution >= 4 is 23.2 Å². The molecule has 0 aliphatic carbocycles. The van der Waals surface area contributed by atoms with Crippen LogP contribution in [0.4, 0.5) is 4.39 Å². The van der Waals surface area contributed by atoms with Crippen molar-refractivity contribution < 1.29 is 9.13 Å². The Morgan fingerprint density at radius 3 is 2.33 bits per heavy atom. The molecule has 0 radical (unpaired) electrons. The van der Waals surface area contributed by atoms with Crippen LogP contribution < -0.4 is 4.74 Å². The maximum atomic E-state index is 13.1. The van der Waals surface area contributed by atoms with E-state index in [-0.39, 0.29) is 18.3 Å². The monoisotopic (exact) mass is 476 g/mol. The maximum Gasteiger partial charge on any atom is 0.232 e. The number of nitriles is 1. The van der Waals surface area contributed by atoms with E-state index in [0.29, 0.717) is 33.3 Å². The summed E-state index contributed by atoms with van der Waals surface area (Å²) in [6, 6.07) is 23.4. The minimum atomic E-state index is -0.288. The predicted octanol–water partition coefficient (Wildman–Crippen LogP) is 7.66. The normalized spacial score (nSPS) is 10.6. The average Bonchev–Trinajstić information content (AvgIpc) is 2.81. The topological polar surface area (TPSA) is 45.9 Å². The Morgan fingerprint density at radius 1 is 0.939 bits per heavy atom. The predicted molar refractivity (Wildman–Crippen MR) is 130 cm³/mol. The molecule has 33 heavy (non-hydrogen) atoms. The van der Waals surface area contributed by atoms with E-state index in [0.717, 1.165) is 22.3 Å². The van der Waals surface area contributed by atoms with Gasteiger partial charge in [-0.25, -0.2) is 9.37 Å². The molecule has 0 saturated carbocycles. The van der Waals surface area contributed by atoms with Crippen molar-refractivity contribution in [3.05, 3.63) is 105 Å². The van der Waals surface area contributed by atoms with Crippen LogP contribution in [0.1, 0.15) is 16.7 Å². The van der Waals surface area contributed by atoms with E-state index in [9.17, 15) is 9.65 Å². The van der Waals surface area contributed by atoms with Gasteiger partial charge in [0, 0.05) is 22.6 Å². The van der Waals surface area contributed by atoms with Gasteiger partial charge in [-0.1, -0.05) is 65.2 Å². The summed E-state index contributed by atoms with van der Waals surface area (Å²) >= 11 is 12.6. The number of nitrogens with zero attached hydrogens (tertiary/aromatic N) is 2. The molecule has 4 rings (SSSR count). The second kappa shape index (κ2) is 10.0. The maximum absolute atomic E-state index is 13.1. The molecule has 1 aromatic heterocycles. The van der Waals surface area contributed by atoms with Gasteiger partial charge in [0.2, 0.25) is 5.88 Å². The average molecular weight is 477 g/mol. The number of rotatable bonds is 6. The first-order valence-corrected chi connectivity index (χ1v) is 11.0. The summed E-state index contributed by atoms with van der Waals surface area (Å²) in [4.78, 5) is 4.72. The van der Waals surface area contributed by atoms with Crippen molar-refractivity contribution in [2.45, 2.75) is 13.3 Å². The van der Waals surface area contributed by atoms with Crippen molar-refractivity contribution in [2.24, 2.45) is 0 Å². The molecule has 0 atom stereocenters. The highest BCUT2D eigenvalue weighted by molar-refractivity contribution is 6.36. The van der Waals surface area contributed by atoms with Crippen LogP contribution in [-0.4, -0.2) is 11.6 Å². The van der Waals surface area contributed by atoms with Crippen molar-refractivity contribution in [2.75, 3.05) is 6.61 Å². The summed E-state index contributed by atoms with van der Waals surface area (Å²) in [5.41, 5.74) is 5.32. The van der Waals surface area contributed by atoms with Crippen molar-refractivity contribution in [3.8, 4) is 34.3 Å². The van der Waals surface area contributed by atoms with E-state index in [4.69, 9.17) is 32.9 Å². The van der Waals surface area contributed by atoms with Gasteiger partial charge in [-0.05, 0) is 54.4 Å². The second-order valence-electron chi connectivity index (χ2n) is 7.56. The summed E-state index contributed by atoms with van der Waals surface area (Å²) in [5, 5.41) is 10.7. The highest BCUT2D eigenvalue weighted by Crippen LogP contribution is 2.38. The van der Waals surface area contributed by atoms with Gasteiger partial charge in [0.15, 0.2) is 0 Å². The molecule has 0 N–H and O–H groups in total. The molecular weight excluding hydrogens is 458 g/mol. The number of aryl methyl sites for hydroxylation is 1. The van der Waals surface area contributed by atoms with E-state index in [1.54, 1.807) is 36.4 Å². The fraction of sp³-hybridized carbons (Fsp3) is 0.111. The van der Waals surface area contributed by atoms with Crippen LogP contribution in [0.25, 0.3) is 22.4 Å². The number of halogens is 3. The third-order valence-electron chi connectivity index (χ3n) is 5.20. The summed E-state index contributed by atoms with van der Waals surface area (Å²) in [6.07, 6.45) is 0.545. The molecule has 0 aliphatic rings. The third kappa shape index (κ3) is 5.34. The summed E-state index contributed by atoms with van der Waals surface area (Å²) in [6.45, 7) is 2.29. The number of ether oxygens (including phenoxy) is 1. The number of pyridine rings is 1. The van der Waals surface area contributed by atoms with Crippen LogP contribution in [0.15, 0.2) is 72.8 Å². The molecule has 0 bridgehead atoms. The minimum Gasteiger partial charge on any atom is -0.476 e. The van der Waals surface area contributed by atoms with E-state index in [2.05, 4.69) is 6.07 Å². The van der Waals surface area contributed by atoms with E-state index in [1.165, 1.54) is 12.1 Å². The zero-order chi connectivity index (χ0) is 23.4. The Morgan fingerprint density at radius 2 is 1.67 bits per heavy atom. The van der Waals surface area contributed by atoms with Crippen LogP contribution in [0.5, 0.6) is 5.88 Å². The van der Waals surface area contributed by atoms with Crippen molar-refractivity contribution in [1.29, 1.82) is 5.26 Å². The number of hydrogen-bond acceptors (Lipinski definition) is 3. The smallest absolute Gasteiger partial charge is 0.232 e. The van der Waals surface area contributed by atoms with Crippen molar-refractivity contribution in [3.63, 3.8) is 0 Å². The molecule has 0 saturated heterocycles. The Balaban J connectivity index is 1.75. The fourth-order valence-electron chi connectivity index (χ4n) is 3.44. The number of aromatic nitrogens is 1. The van der Waals surface area contributed by atoms with E-state index < -0.39 is 0 Å². The summed E-state index contributed by atoms with van der Waals surface area (Å²) in [5.74, 6) is -0.0687. The van der Waals surface area contributed by atoms with E-state index in [1.807, 2.05) is 31.2 Å². The molecule has 6 heteroatoms. The van der Waals surface area contributed by atoms with Crippen LogP contribution in [0, 0.1) is 24.1 Å². The molecular formula is C27H19Cl2FN2O. The standard InChI is InChI=1S/C27H19Cl2FN2O/c1-17-2-6-19(7-3-17)24-14-20(16-31)27(33-13-12-18-4-9-22(30)10-5-18)32-26(24)23-11-8-21(28)15-25(23)29/h2-11,14-15H,12-13H2,1H3. The lowest BCUT2D eigenvalue weighted by Crippen LogP contribution is -2.06. The number of benzene rings is 3. The molecule has 1 heterocycles. The Bertz CT molecular complexity index is 1330. The lowest BCUT2D eigenvalue weighted by molar-refractivity contribution is 0.309. The Hall–Kier alpha value is -3.39. The summed E-state index contributed by atoms with van der Waals surface area (Å²) < 4.78 is 19.0.